The van der Waals surface area contributed by atoms with E-state index in [1.165, 1.54) is 0 Å². The highest BCUT2D eigenvalue weighted by molar-refractivity contribution is 6.99. The van der Waals surface area contributed by atoms with Crippen molar-refractivity contribution in [3.63, 3.8) is 0 Å². The van der Waals surface area contributed by atoms with Gasteiger partial charge in [-0.15, -0.1) is 4.37 Å². The van der Waals surface area contributed by atoms with Gasteiger partial charge in [0, 0.05) is 6.54 Å². The second-order valence-electron chi connectivity index (χ2n) is 2.51. The molecule has 0 unspecified atom stereocenters. The van der Waals surface area contributed by atoms with E-state index in [2.05, 4.69) is 8.75 Å². The zero-order valence-corrected chi connectivity index (χ0v) is 8.52. The maximum Gasteiger partial charge on any atom is 0.265 e. The van der Waals surface area contributed by atoms with Crippen molar-refractivity contribution < 1.29 is 4.74 Å². The van der Waals surface area contributed by atoms with E-state index < -0.39 is 0 Å². The molecule has 0 fully saturated rings. The number of aromatic nitrogens is 2. The van der Waals surface area contributed by atoms with Crippen LogP contribution in [0.5, 0.6) is 5.88 Å². The van der Waals surface area contributed by atoms with Crippen LogP contribution in [0.3, 0.4) is 0 Å². The quantitative estimate of drug-likeness (QED) is 0.742. The average molecular weight is 208 g/mol. The molecule has 0 saturated heterocycles. The Morgan fingerprint density at radius 1 is 1.50 bits per heavy atom. The molecule has 0 radical (unpaired) electrons. The summed E-state index contributed by atoms with van der Waals surface area (Å²) in [4.78, 5) is 2.02. The van der Waals surface area contributed by atoms with Crippen LogP contribution < -0.4 is 4.74 Å². The van der Waals surface area contributed by atoms with E-state index in [9.17, 15) is 0 Å². The summed E-state index contributed by atoms with van der Waals surface area (Å²) < 4.78 is 12.9. The van der Waals surface area contributed by atoms with Gasteiger partial charge >= 0.3 is 0 Å². The molecule has 1 aromatic heterocycles. The first-order chi connectivity index (χ1) is 5.70. The van der Waals surface area contributed by atoms with Gasteiger partial charge in [0.05, 0.1) is 11.7 Å². The molecule has 12 heavy (non-hydrogen) atoms. The van der Waals surface area contributed by atoms with Gasteiger partial charge in [-0.1, -0.05) is 11.6 Å². The van der Waals surface area contributed by atoms with E-state index in [0.717, 1.165) is 18.3 Å². The van der Waals surface area contributed by atoms with Gasteiger partial charge in [-0.2, -0.15) is 4.37 Å². The van der Waals surface area contributed by atoms with Crippen molar-refractivity contribution in [1.82, 2.24) is 13.6 Å². The van der Waals surface area contributed by atoms with Crippen LogP contribution in [0.15, 0.2) is 0 Å². The Bertz CT molecular complexity index is 240. The largest absolute Gasteiger partial charge is 0.473 e. The van der Waals surface area contributed by atoms with E-state index in [4.69, 9.17) is 16.3 Å². The van der Waals surface area contributed by atoms with Crippen LogP contribution in [0.25, 0.3) is 0 Å². The summed E-state index contributed by atoms with van der Waals surface area (Å²) in [6.07, 6.45) is 0. The van der Waals surface area contributed by atoms with Crippen LogP contribution in [0.2, 0.25) is 5.15 Å². The Hall–Kier alpha value is -0.390. The number of hydrogen-bond acceptors (Lipinski definition) is 5. The summed E-state index contributed by atoms with van der Waals surface area (Å²) in [5, 5.41) is 0.346. The molecular weight excluding hydrogens is 198 g/mol. The van der Waals surface area contributed by atoms with Crippen LogP contribution in [-0.2, 0) is 0 Å². The molecule has 0 aliphatic heterocycles. The fraction of sp³-hybridized carbons (Fsp3) is 0.667. The van der Waals surface area contributed by atoms with Crippen molar-refractivity contribution in [2.75, 3.05) is 27.2 Å². The summed E-state index contributed by atoms with van der Waals surface area (Å²) in [6, 6.07) is 0. The van der Waals surface area contributed by atoms with Gasteiger partial charge < -0.3 is 9.64 Å². The highest BCUT2D eigenvalue weighted by Gasteiger charge is 2.05. The smallest absolute Gasteiger partial charge is 0.265 e. The third kappa shape index (κ3) is 2.92. The minimum atomic E-state index is 0.346. The molecular formula is C6H10ClN3OS. The zero-order chi connectivity index (χ0) is 8.97. The second kappa shape index (κ2) is 4.59. The van der Waals surface area contributed by atoms with Gasteiger partial charge in [-0.05, 0) is 14.1 Å². The normalized spacial score (nSPS) is 10.7. The molecule has 68 valence electrons. The molecule has 4 nitrogen and oxygen atoms in total. The van der Waals surface area contributed by atoms with E-state index >= 15 is 0 Å². The van der Waals surface area contributed by atoms with E-state index in [0.29, 0.717) is 17.6 Å². The van der Waals surface area contributed by atoms with Crippen LogP contribution in [0, 0.1) is 0 Å². The first-order valence-corrected chi connectivity index (χ1v) is 4.56. The third-order valence-electron chi connectivity index (χ3n) is 1.20. The SMILES string of the molecule is CN(C)CCOc1nsnc1Cl. The molecule has 0 amide bonds. The van der Waals surface area contributed by atoms with Gasteiger partial charge in [0.1, 0.15) is 6.61 Å². The number of hydrogen-bond donors (Lipinski definition) is 0. The number of rotatable bonds is 4. The van der Waals surface area contributed by atoms with Crippen molar-refractivity contribution in [1.29, 1.82) is 0 Å². The van der Waals surface area contributed by atoms with Gasteiger partial charge in [0.15, 0.2) is 0 Å². The van der Waals surface area contributed by atoms with Crippen molar-refractivity contribution in [2.45, 2.75) is 0 Å². The molecule has 0 N–H and O–H groups in total. The molecule has 0 saturated carbocycles. The minimum Gasteiger partial charge on any atom is -0.473 e. The summed E-state index contributed by atoms with van der Waals surface area (Å²) in [5.41, 5.74) is 0. The van der Waals surface area contributed by atoms with E-state index in [1.807, 2.05) is 19.0 Å². The van der Waals surface area contributed by atoms with Crippen LogP contribution in [0.1, 0.15) is 0 Å². The van der Waals surface area contributed by atoms with Gasteiger partial charge in [-0.3, -0.25) is 0 Å². The maximum atomic E-state index is 5.65. The van der Waals surface area contributed by atoms with Gasteiger partial charge in [-0.25, -0.2) is 0 Å². The summed E-state index contributed by atoms with van der Waals surface area (Å²) in [7, 11) is 3.95. The fourth-order valence-corrected chi connectivity index (χ4v) is 1.22. The molecule has 0 atom stereocenters. The van der Waals surface area contributed by atoms with E-state index in [1.54, 1.807) is 0 Å². The van der Waals surface area contributed by atoms with Crippen LogP contribution in [0.4, 0.5) is 0 Å². The summed E-state index contributed by atoms with van der Waals surface area (Å²) in [5.74, 6) is 0.434. The first-order valence-electron chi connectivity index (χ1n) is 3.45. The lowest BCUT2D eigenvalue weighted by Gasteiger charge is -2.08. The number of nitrogens with zero attached hydrogens (tertiary/aromatic N) is 3. The third-order valence-corrected chi connectivity index (χ3v) is 2.06. The lowest BCUT2D eigenvalue weighted by molar-refractivity contribution is 0.255. The number of ether oxygens (including phenoxy) is 1. The maximum absolute atomic E-state index is 5.65. The van der Waals surface area contributed by atoms with Crippen LogP contribution in [-0.4, -0.2) is 40.9 Å². The summed E-state index contributed by atoms with van der Waals surface area (Å²) in [6.45, 7) is 1.42. The molecule has 0 spiro atoms. The zero-order valence-electron chi connectivity index (χ0n) is 6.95. The topological polar surface area (TPSA) is 38.2 Å². The van der Waals surface area contributed by atoms with E-state index in [-0.39, 0.29) is 0 Å². The van der Waals surface area contributed by atoms with Gasteiger partial charge in [0.2, 0.25) is 5.15 Å². The molecule has 1 aromatic rings. The number of halogens is 1. The monoisotopic (exact) mass is 207 g/mol. The second-order valence-corrected chi connectivity index (χ2v) is 3.40. The van der Waals surface area contributed by atoms with Crippen molar-refractivity contribution in [3.05, 3.63) is 5.15 Å². The molecule has 1 heterocycles. The van der Waals surface area contributed by atoms with Crippen molar-refractivity contribution >= 4 is 23.3 Å². The Kier molecular flexibility index (Phi) is 3.71. The lowest BCUT2D eigenvalue weighted by atomic mass is 10.6. The highest BCUT2D eigenvalue weighted by atomic mass is 35.5. The predicted octanol–water partition coefficient (Wildman–Crippen LogP) is 1.13. The molecule has 0 aromatic carbocycles. The lowest BCUT2D eigenvalue weighted by Crippen LogP contribution is -2.19. The van der Waals surface area contributed by atoms with Gasteiger partial charge in [0.25, 0.3) is 5.88 Å². The predicted molar refractivity (Wildman–Crippen MR) is 49.0 cm³/mol. The highest BCUT2D eigenvalue weighted by Crippen LogP contribution is 2.19. The molecule has 0 aliphatic rings. The standard InChI is InChI=1S/C6H10ClN3OS/c1-10(2)3-4-11-6-5(7)8-12-9-6/h3-4H2,1-2H3. The molecule has 0 aliphatic carbocycles. The molecule has 6 heteroatoms. The number of likely N-dealkylation sites (N-methyl/N-ethyl adjacent to an activating group) is 1. The van der Waals surface area contributed by atoms with Crippen molar-refractivity contribution in [3.8, 4) is 5.88 Å². The summed E-state index contributed by atoms with van der Waals surface area (Å²) >= 11 is 6.71. The Morgan fingerprint density at radius 2 is 2.25 bits per heavy atom. The first kappa shape index (κ1) is 9.70. The Morgan fingerprint density at radius 3 is 2.75 bits per heavy atom. The van der Waals surface area contributed by atoms with Crippen molar-refractivity contribution in [2.24, 2.45) is 0 Å². The Labute approximate surface area is 80.4 Å². The molecule has 0 bridgehead atoms. The molecule has 1 rings (SSSR count). The Balaban J connectivity index is 2.29. The average Bonchev–Trinajstić information content (AvgIpc) is 2.36. The van der Waals surface area contributed by atoms with Crippen LogP contribution >= 0.6 is 23.3 Å². The fourth-order valence-electron chi connectivity index (χ4n) is 0.581. The minimum absolute atomic E-state index is 0.346.